The normalized spacial score (nSPS) is 11.5. The van der Waals surface area contributed by atoms with Crippen molar-refractivity contribution in [3.8, 4) is 17.0 Å². The highest BCUT2D eigenvalue weighted by atomic mass is 35.5. The topological polar surface area (TPSA) is 68.2 Å². The largest absolute Gasteiger partial charge is 0.573 e. The molecule has 0 spiro atoms. The van der Waals surface area contributed by atoms with Crippen LogP contribution in [0, 0.1) is 10.1 Å². The van der Waals surface area contributed by atoms with E-state index in [4.69, 9.17) is 23.2 Å². The Morgan fingerprint density at radius 2 is 1.76 bits per heavy atom. The Morgan fingerprint density at radius 3 is 2.24 bits per heavy atom. The zero-order valence-corrected chi connectivity index (χ0v) is 11.4. The predicted molar refractivity (Wildman–Crippen MR) is 69.6 cm³/mol. The molecule has 1 heterocycles. The van der Waals surface area contributed by atoms with Gasteiger partial charge in [-0.2, -0.15) is 0 Å². The van der Waals surface area contributed by atoms with Crippen molar-refractivity contribution in [3.05, 3.63) is 44.6 Å². The SMILES string of the molecule is O=[N+]([O-])c1c(-c2ccc(OC(F)(F)F)cc2)[nH]c(Cl)c1Cl. The fourth-order valence-electron chi connectivity index (χ4n) is 1.64. The molecule has 0 amide bonds. The van der Waals surface area contributed by atoms with Crippen molar-refractivity contribution in [2.24, 2.45) is 0 Å². The molecule has 10 heteroatoms. The van der Waals surface area contributed by atoms with Gasteiger partial charge in [-0.3, -0.25) is 10.1 Å². The van der Waals surface area contributed by atoms with E-state index in [1.54, 1.807) is 0 Å². The van der Waals surface area contributed by atoms with Gasteiger partial charge >= 0.3 is 12.0 Å². The van der Waals surface area contributed by atoms with Crippen LogP contribution in [-0.4, -0.2) is 16.3 Å². The highest BCUT2D eigenvalue weighted by Gasteiger charge is 2.31. The summed E-state index contributed by atoms with van der Waals surface area (Å²) >= 11 is 11.4. The number of aromatic nitrogens is 1. The van der Waals surface area contributed by atoms with E-state index in [9.17, 15) is 23.3 Å². The number of H-pyrrole nitrogens is 1. The van der Waals surface area contributed by atoms with Crippen LogP contribution in [0.25, 0.3) is 11.3 Å². The summed E-state index contributed by atoms with van der Waals surface area (Å²) in [7, 11) is 0. The van der Waals surface area contributed by atoms with Crippen LogP contribution in [0.15, 0.2) is 24.3 Å². The zero-order valence-electron chi connectivity index (χ0n) is 9.87. The molecule has 0 radical (unpaired) electrons. The molecular formula is C11H5Cl2F3N2O3. The number of hydrogen-bond donors (Lipinski definition) is 1. The van der Waals surface area contributed by atoms with Crippen molar-refractivity contribution in [2.45, 2.75) is 6.36 Å². The van der Waals surface area contributed by atoms with Crippen molar-refractivity contribution >= 4 is 28.9 Å². The maximum absolute atomic E-state index is 12.0. The van der Waals surface area contributed by atoms with Gasteiger partial charge < -0.3 is 9.72 Å². The lowest BCUT2D eigenvalue weighted by Gasteiger charge is -2.08. The Balaban J connectivity index is 2.40. The van der Waals surface area contributed by atoms with Gasteiger partial charge in [0.1, 0.15) is 16.6 Å². The molecule has 1 N–H and O–H groups in total. The van der Waals surface area contributed by atoms with Crippen LogP contribution in [0.1, 0.15) is 0 Å². The fraction of sp³-hybridized carbons (Fsp3) is 0.0909. The molecule has 1 aromatic carbocycles. The van der Waals surface area contributed by atoms with E-state index in [0.29, 0.717) is 0 Å². The van der Waals surface area contributed by atoms with Crippen molar-refractivity contribution in [1.29, 1.82) is 0 Å². The van der Waals surface area contributed by atoms with Gasteiger partial charge in [0.2, 0.25) is 0 Å². The second-order valence-electron chi connectivity index (χ2n) is 3.81. The minimum Gasteiger partial charge on any atom is -0.406 e. The molecule has 0 bridgehead atoms. The number of benzene rings is 1. The standard InChI is InChI=1S/C11H5Cl2F3N2O3/c12-7-9(18(19)20)8(17-10(7)13)5-1-3-6(4-2-5)21-11(14,15)16/h1-4,17H. The van der Waals surface area contributed by atoms with Crippen LogP contribution in [0.2, 0.25) is 10.2 Å². The highest BCUT2D eigenvalue weighted by molar-refractivity contribution is 6.43. The smallest absolute Gasteiger partial charge is 0.406 e. The lowest BCUT2D eigenvalue weighted by molar-refractivity contribution is -0.383. The number of rotatable bonds is 3. The number of alkyl halides is 3. The van der Waals surface area contributed by atoms with Gasteiger partial charge in [-0.25, -0.2) is 0 Å². The van der Waals surface area contributed by atoms with E-state index in [0.717, 1.165) is 12.1 Å². The zero-order chi connectivity index (χ0) is 15.8. The summed E-state index contributed by atoms with van der Waals surface area (Å²) in [5.41, 5.74) is -0.218. The molecule has 2 aromatic rings. The van der Waals surface area contributed by atoms with Gasteiger partial charge in [-0.15, -0.1) is 13.2 Å². The first-order valence-corrected chi connectivity index (χ1v) is 6.02. The van der Waals surface area contributed by atoms with E-state index in [1.165, 1.54) is 12.1 Å². The van der Waals surface area contributed by atoms with Gasteiger partial charge in [0.25, 0.3) is 0 Å². The number of halogens is 5. The van der Waals surface area contributed by atoms with Crippen LogP contribution < -0.4 is 4.74 Å². The lowest BCUT2D eigenvalue weighted by Crippen LogP contribution is -2.16. The third kappa shape index (κ3) is 3.40. The molecular weight excluding hydrogens is 336 g/mol. The van der Waals surface area contributed by atoms with E-state index in [1.807, 2.05) is 0 Å². The Kier molecular flexibility index (Phi) is 4.02. The predicted octanol–water partition coefficient (Wildman–Crippen LogP) is 4.80. The maximum Gasteiger partial charge on any atom is 0.573 e. The van der Waals surface area contributed by atoms with Crippen LogP contribution in [-0.2, 0) is 0 Å². The average molecular weight is 341 g/mol. The number of hydrogen-bond acceptors (Lipinski definition) is 3. The quantitative estimate of drug-likeness (QED) is 0.644. The maximum atomic E-state index is 12.0. The molecule has 0 saturated carbocycles. The Hall–Kier alpha value is -1.93. The summed E-state index contributed by atoms with van der Waals surface area (Å²) < 4.78 is 39.8. The van der Waals surface area contributed by atoms with E-state index >= 15 is 0 Å². The molecule has 0 saturated heterocycles. The van der Waals surface area contributed by atoms with Gasteiger partial charge in [-0.1, -0.05) is 23.2 Å². The first-order valence-electron chi connectivity index (χ1n) is 5.26. The van der Waals surface area contributed by atoms with Gasteiger partial charge in [0.15, 0.2) is 5.02 Å². The molecule has 21 heavy (non-hydrogen) atoms. The Labute approximate surface area is 125 Å². The minimum atomic E-state index is -4.81. The van der Waals surface area contributed by atoms with Crippen LogP contribution in [0.3, 0.4) is 0 Å². The summed E-state index contributed by atoms with van der Waals surface area (Å²) in [6.45, 7) is 0. The van der Waals surface area contributed by atoms with E-state index in [-0.39, 0.29) is 21.4 Å². The molecule has 1 aromatic heterocycles. The monoisotopic (exact) mass is 340 g/mol. The third-order valence-electron chi connectivity index (χ3n) is 2.43. The number of nitrogens with one attached hydrogen (secondary N) is 1. The molecule has 0 aliphatic carbocycles. The summed E-state index contributed by atoms with van der Waals surface area (Å²) in [6.07, 6.45) is -4.81. The summed E-state index contributed by atoms with van der Waals surface area (Å²) in [5, 5.41) is 10.6. The summed E-state index contributed by atoms with van der Waals surface area (Å²) in [5.74, 6) is -0.447. The Bertz CT molecular complexity index is 683. The summed E-state index contributed by atoms with van der Waals surface area (Å²) in [6, 6.07) is 4.48. The molecule has 2 rings (SSSR count). The van der Waals surface area contributed by atoms with Crippen molar-refractivity contribution in [3.63, 3.8) is 0 Å². The summed E-state index contributed by atoms with van der Waals surface area (Å²) in [4.78, 5) is 12.7. The van der Waals surface area contributed by atoms with E-state index in [2.05, 4.69) is 9.72 Å². The number of nitrogens with zero attached hydrogens (tertiary/aromatic N) is 1. The third-order valence-corrected chi connectivity index (χ3v) is 3.18. The van der Waals surface area contributed by atoms with Gasteiger partial charge in [-0.05, 0) is 24.3 Å². The van der Waals surface area contributed by atoms with Crippen LogP contribution in [0.4, 0.5) is 18.9 Å². The second kappa shape index (κ2) is 5.45. The number of aromatic amines is 1. The highest BCUT2D eigenvalue weighted by Crippen LogP contribution is 2.40. The molecule has 0 unspecified atom stereocenters. The fourth-order valence-corrected chi connectivity index (χ4v) is 2.04. The molecule has 0 aliphatic heterocycles. The first kappa shape index (κ1) is 15.5. The van der Waals surface area contributed by atoms with Crippen LogP contribution in [0.5, 0.6) is 5.75 Å². The molecule has 0 atom stereocenters. The van der Waals surface area contributed by atoms with Crippen molar-refractivity contribution in [2.75, 3.05) is 0 Å². The van der Waals surface area contributed by atoms with Gasteiger partial charge in [0.05, 0.1) is 4.92 Å². The lowest BCUT2D eigenvalue weighted by atomic mass is 10.1. The number of nitro groups is 1. The second-order valence-corrected chi connectivity index (χ2v) is 4.56. The van der Waals surface area contributed by atoms with E-state index < -0.39 is 22.7 Å². The first-order chi connectivity index (χ1) is 9.69. The molecule has 112 valence electrons. The minimum absolute atomic E-state index is 0.00596. The van der Waals surface area contributed by atoms with Crippen molar-refractivity contribution < 1.29 is 22.8 Å². The van der Waals surface area contributed by atoms with Crippen molar-refractivity contribution in [1.82, 2.24) is 4.98 Å². The Morgan fingerprint density at radius 1 is 1.19 bits per heavy atom. The van der Waals surface area contributed by atoms with Crippen LogP contribution >= 0.6 is 23.2 Å². The molecule has 0 fully saturated rings. The number of ether oxygens (including phenoxy) is 1. The molecule has 5 nitrogen and oxygen atoms in total. The average Bonchev–Trinajstić information content (AvgIpc) is 2.65. The van der Waals surface area contributed by atoms with Gasteiger partial charge in [0, 0.05) is 5.56 Å². The molecule has 0 aliphatic rings.